The van der Waals surface area contributed by atoms with Crippen LogP contribution in [0.2, 0.25) is 5.02 Å². The second-order valence-corrected chi connectivity index (χ2v) is 6.80. The average molecular weight is 443 g/mol. The number of carbonyl (C=O) groups excluding carboxylic acids is 2. The molecule has 0 aromatic heterocycles. The van der Waals surface area contributed by atoms with E-state index in [4.69, 9.17) is 25.8 Å². The molecule has 31 heavy (non-hydrogen) atoms. The molecule has 2 aromatic carbocycles. The molecule has 0 saturated heterocycles. The van der Waals surface area contributed by atoms with E-state index in [0.717, 1.165) is 0 Å². The van der Waals surface area contributed by atoms with Gasteiger partial charge < -0.3 is 19.5 Å². The molecule has 0 heterocycles. The van der Waals surface area contributed by atoms with E-state index in [1.54, 1.807) is 48.5 Å². The number of amides is 1. The van der Waals surface area contributed by atoms with Crippen LogP contribution in [0.25, 0.3) is 6.08 Å². The quantitative estimate of drug-likeness (QED) is 0.187. The lowest BCUT2D eigenvalue weighted by atomic mass is 10.1. The molecule has 0 saturated carbocycles. The van der Waals surface area contributed by atoms with Gasteiger partial charge in [0.1, 0.15) is 23.1 Å². The highest BCUT2D eigenvalue weighted by Gasteiger charge is 2.09. The first kappa shape index (κ1) is 23.9. The molecule has 8 heteroatoms. The van der Waals surface area contributed by atoms with Gasteiger partial charge in [-0.1, -0.05) is 23.7 Å². The molecule has 2 aromatic rings. The second kappa shape index (κ2) is 13.1. The molecule has 0 fully saturated rings. The lowest BCUT2D eigenvalue weighted by molar-refractivity contribution is -0.134. The summed E-state index contributed by atoms with van der Waals surface area (Å²) in [5.41, 5.74) is 0.608. The lowest BCUT2D eigenvalue weighted by Gasteiger charge is -2.07. The maximum atomic E-state index is 12.0. The number of halogens is 1. The molecular formula is C23H23ClN2O5. The summed E-state index contributed by atoms with van der Waals surface area (Å²) in [4.78, 5) is 23.9. The molecule has 0 aliphatic rings. The van der Waals surface area contributed by atoms with Crippen molar-refractivity contribution >= 4 is 29.6 Å². The Morgan fingerprint density at radius 2 is 1.74 bits per heavy atom. The second-order valence-electron chi connectivity index (χ2n) is 6.37. The highest BCUT2D eigenvalue weighted by molar-refractivity contribution is 6.30. The van der Waals surface area contributed by atoms with Crippen LogP contribution < -0.4 is 14.8 Å². The molecule has 1 amide bonds. The van der Waals surface area contributed by atoms with E-state index in [1.807, 2.05) is 6.07 Å². The van der Waals surface area contributed by atoms with E-state index in [2.05, 4.69) is 5.32 Å². The third-order valence-corrected chi connectivity index (χ3v) is 4.24. The molecule has 1 N–H and O–H groups in total. The van der Waals surface area contributed by atoms with Crippen LogP contribution in [0, 0.1) is 11.3 Å². The minimum absolute atomic E-state index is 0.0264. The van der Waals surface area contributed by atoms with Gasteiger partial charge in [-0.2, -0.15) is 5.26 Å². The summed E-state index contributed by atoms with van der Waals surface area (Å²) in [6.07, 6.45) is 2.17. The first-order valence-corrected chi connectivity index (χ1v) is 9.97. The summed E-state index contributed by atoms with van der Waals surface area (Å²) in [6, 6.07) is 15.4. The lowest BCUT2D eigenvalue weighted by Crippen LogP contribution is -2.27. The Labute approximate surface area is 186 Å². The van der Waals surface area contributed by atoms with Gasteiger partial charge in [0.25, 0.3) is 5.91 Å². The minimum Gasteiger partial charge on any atom is -0.494 e. The fraction of sp³-hybridized carbons (Fsp3) is 0.261. The predicted molar refractivity (Wildman–Crippen MR) is 117 cm³/mol. The third kappa shape index (κ3) is 8.91. The number of rotatable bonds is 11. The van der Waals surface area contributed by atoms with Crippen LogP contribution in [-0.4, -0.2) is 38.7 Å². The molecule has 0 unspecified atom stereocenters. The smallest absolute Gasteiger partial charge is 0.311 e. The number of nitrogens with one attached hydrogen (secondary N) is 1. The fourth-order valence-electron chi connectivity index (χ4n) is 2.43. The highest BCUT2D eigenvalue weighted by Crippen LogP contribution is 2.17. The third-order valence-electron chi connectivity index (χ3n) is 3.99. The monoisotopic (exact) mass is 442 g/mol. The van der Waals surface area contributed by atoms with Crippen molar-refractivity contribution < 1.29 is 23.8 Å². The normalized spacial score (nSPS) is 10.8. The predicted octanol–water partition coefficient (Wildman–Crippen LogP) is 3.77. The Balaban J connectivity index is 1.78. The zero-order valence-corrected chi connectivity index (χ0v) is 17.9. The Bertz CT molecular complexity index is 934. The molecule has 0 aliphatic heterocycles. The van der Waals surface area contributed by atoms with Crippen LogP contribution in [0.1, 0.15) is 18.4 Å². The Morgan fingerprint density at radius 3 is 2.39 bits per heavy atom. The summed E-state index contributed by atoms with van der Waals surface area (Å²) in [5, 5.41) is 12.4. The standard InChI is InChI=1S/C23H23ClN2O5/c1-29-14-12-26-23(28)18(16-25)15-17-4-8-21(9-5-17)31-22(27)3-2-13-30-20-10-6-19(24)7-11-20/h4-11,15H,2-3,12-14H2,1H3,(H,26,28)/b18-15+. The van der Waals surface area contributed by atoms with Crippen LogP contribution in [-0.2, 0) is 14.3 Å². The number of hydrogen-bond donors (Lipinski definition) is 1. The largest absolute Gasteiger partial charge is 0.494 e. The molecule has 0 atom stereocenters. The molecule has 162 valence electrons. The summed E-state index contributed by atoms with van der Waals surface area (Å²) in [6.45, 7) is 1.05. The first-order chi connectivity index (χ1) is 15.0. The number of benzene rings is 2. The number of methoxy groups -OCH3 is 1. The molecule has 0 radical (unpaired) electrons. The van der Waals surface area contributed by atoms with E-state index in [0.29, 0.717) is 48.3 Å². The number of hydrogen-bond acceptors (Lipinski definition) is 6. The van der Waals surface area contributed by atoms with Crippen molar-refractivity contribution in [1.82, 2.24) is 5.32 Å². The summed E-state index contributed by atoms with van der Waals surface area (Å²) in [5.74, 6) is 0.212. The van der Waals surface area contributed by atoms with Gasteiger partial charge in [-0.05, 0) is 54.5 Å². The Kier molecular flexibility index (Phi) is 10.1. The number of esters is 1. The van der Waals surface area contributed by atoms with Crippen molar-refractivity contribution in [2.45, 2.75) is 12.8 Å². The number of ether oxygens (including phenoxy) is 3. The fourth-order valence-corrected chi connectivity index (χ4v) is 2.56. The van der Waals surface area contributed by atoms with Gasteiger partial charge in [0.05, 0.1) is 13.2 Å². The Hall–Kier alpha value is -3.34. The molecular weight excluding hydrogens is 420 g/mol. The van der Waals surface area contributed by atoms with Gasteiger partial charge in [-0.3, -0.25) is 9.59 Å². The number of carbonyl (C=O) groups is 2. The maximum absolute atomic E-state index is 12.0. The van der Waals surface area contributed by atoms with Crippen LogP contribution in [0.5, 0.6) is 11.5 Å². The summed E-state index contributed by atoms with van der Waals surface area (Å²) >= 11 is 5.81. The van der Waals surface area contributed by atoms with E-state index in [1.165, 1.54) is 13.2 Å². The molecule has 0 bridgehead atoms. The summed E-state index contributed by atoms with van der Waals surface area (Å²) in [7, 11) is 1.52. The van der Waals surface area contributed by atoms with E-state index in [9.17, 15) is 14.9 Å². The average Bonchev–Trinajstić information content (AvgIpc) is 2.77. The number of nitrogens with zero attached hydrogens (tertiary/aromatic N) is 1. The molecule has 0 aliphatic carbocycles. The number of nitriles is 1. The van der Waals surface area contributed by atoms with E-state index in [-0.39, 0.29) is 18.0 Å². The van der Waals surface area contributed by atoms with Crippen molar-refractivity contribution in [2.75, 3.05) is 26.9 Å². The van der Waals surface area contributed by atoms with Gasteiger partial charge in [0, 0.05) is 25.1 Å². The van der Waals surface area contributed by atoms with Crippen LogP contribution in [0.15, 0.2) is 54.1 Å². The zero-order chi connectivity index (χ0) is 22.5. The Morgan fingerprint density at radius 1 is 1.06 bits per heavy atom. The van der Waals surface area contributed by atoms with Crippen molar-refractivity contribution in [3.05, 3.63) is 64.7 Å². The van der Waals surface area contributed by atoms with Gasteiger partial charge in [0.2, 0.25) is 0 Å². The van der Waals surface area contributed by atoms with Gasteiger partial charge in [0.15, 0.2) is 0 Å². The van der Waals surface area contributed by atoms with Crippen LogP contribution in [0.4, 0.5) is 0 Å². The summed E-state index contributed by atoms with van der Waals surface area (Å²) < 4.78 is 15.7. The van der Waals surface area contributed by atoms with Crippen molar-refractivity contribution in [3.63, 3.8) is 0 Å². The highest BCUT2D eigenvalue weighted by atomic mass is 35.5. The molecule has 2 rings (SSSR count). The van der Waals surface area contributed by atoms with Gasteiger partial charge >= 0.3 is 5.97 Å². The van der Waals surface area contributed by atoms with Gasteiger partial charge in [-0.25, -0.2) is 0 Å². The van der Waals surface area contributed by atoms with Crippen LogP contribution >= 0.6 is 11.6 Å². The molecule has 0 spiro atoms. The van der Waals surface area contributed by atoms with E-state index >= 15 is 0 Å². The van der Waals surface area contributed by atoms with Crippen molar-refractivity contribution in [1.29, 1.82) is 5.26 Å². The maximum Gasteiger partial charge on any atom is 0.311 e. The SMILES string of the molecule is COCCNC(=O)/C(C#N)=C/c1ccc(OC(=O)CCCOc2ccc(Cl)cc2)cc1. The van der Waals surface area contributed by atoms with Crippen molar-refractivity contribution in [3.8, 4) is 17.6 Å². The topological polar surface area (TPSA) is 97.6 Å². The van der Waals surface area contributed by atoms with E-state index < -0.39 is 5.91 Å². The molecule has 7 nitrogen and oxygen atoms in total. The first-order valence-electron chi connectivity index (χ1n) is 9.60. The van der Waals surface area contributed by atoms with Crippen LogP contribution in [0.3, 0.4) is 0 Å². The minimum atomic E-state index is -0.476. The zero-order valence-electron chi connectivity index (χ0n) is 17.1. The van der Waals surface area contributed by atoms with Crippen molar-refractivity contribution in [2.24, 2.45) is 0 Å². The van der Waals surface area contributed by atoms with Gasteiger partial charge in [-0.15, -0.1) is 0 Å².